The molecule has 0 aliphatic heterocycles. The Balaban J connectivity index is 1.40. The van der Waals surface area contributed by atoms with Crippen LogP contribution in [0.2, 0.25) is 0 Å². The highest BCUT2D eigenvalue weighted by molar-refractivity contribution is 7.99. The number of halogens is 2. The summed E-state index contributed by atoms with van der Waals surface area (Å²) < 4.78 is 32.8. The van der Waals surface area contributed by atoms with Crippen LogP contribution in [0.3, 0.4) is 0 Å². The summed E-state index contributed by atoms with van der Waals surface area (Å²) in [5, 5.41) is 10.8. The number of aromatic nitrogens is 4. The van der Waals surface area contributed by atoms with Crippen molar-refractivity contribution in [1.29, 1.82) is 0 Å². The van der Waals surface area contributed by atoms with E-state index in [1.165, 1.54) is 12.1 Å². The zero-order chi connectivity index (χ0) is 21.6. The molecule has 1 N–H and O–H groups in total. The average molecular weight is 439 g/mol. The second kappa shape index (κ2) is 9.35. The first-order valence-electron chi connectivity index (χ1n) is 9.03. The third kappa shape index (κ3) is 5.23. The van der Waals surface area contributed by atoms with E-state index in [4.69, 9.17) is 4.74 Å². The van der Waals surface area contributed by atoms with Crippen LogP contribution in [-0.2, 0) is 0 Å². The van der Waals surface area contributed by atoms with Gasteiger partial charge in [0.15, 0.2) is 5.82 Å². The van der Waals surface area contributed by atoms with Crippen LogP contribution in [-0.4, -0.2) is 31.4 Å². The maximum absolute atomic E-state index is 12.7. The van der Waals surface area contributed by atoms with Gasteiger partial charge >= 0.3 is 0 Å². The molecule has 1 amide bonds. The van der Waals surface area contributed by atoms with E-state index >= 15 is 0 Å². The first-order chi connectivity index (χ1) is 15.1. The molecule has 0 radical (unpaired) electrons. The highest BCUT2D eigenvalue weighted by atomic mass is 32.2. The van der Waals surface area contributed by atoms with Crippen molar-refractivity contribution in [3.8, 4) is 17.4 Å². The summed E-state index contributed by atoms with van der Waals surface area (Å²) in [6.07, 6.45) is 5.01. The fourth-order valence-electron chi connectivity index (χ4n) is 2.68. The molecule has 0 fully saturated rings. The molecule has 4 aromatic rings. The number of anilines is 1. The van der Waals surface area contributed by atoms with Gasteiger partial charge in [0.2, 0.25) is 5.88 Å². The van der Waals surface area contributed by atoms with Crippen molar-refractivity contribution < 1.29 is 18.3 Å². The molecule has 0 aliphatic rings. The molecule has 0 unspecified atom stereocenters. The van der Waals surface area contributed by atoms with E-state index in [-0.39, 0.29) is 10.5 Å². The Labute approximate surface area is 180 Å². The Kier molecular flexibility index (Phi) is 6.18. The smallest absolute Gasteiger partial charge is 0.288 e. The first kappa shape index (κ1) is 20.5. The summed E-state index contributed by atoms with van der Waals surface area (Å²) in [6, 6.07) is 16.2. The van der Waals surface area contributed by atoms with E-state index in [0.717, 1.165) is 0 Å². The number of thioether (sulfide) groups is 1. The fraction of sp³-hybridized carbons (Fsp3) is 0.0476. The predicted molar refractivity (Wildman–Crippen MR) is 112 cm³/mol. The molecule has 4 rings (SSSR count). The molecule has 0 atom stereocenters. The average Bonchev–Trinajstić information content (AvgIpc) is 3.30. The number of ether oxygens (including phenoxy) is 1. The van der Waals surface area contributed by atoms with Crippen LogP contribution in [0.15, 0.2) is 84.3 Å². The van der Waals surface area contributed by atoms with Crippen molar-refractivity contribution >= 4 is 23.4 Å². The minimum absolute atomic E-state index is 0.182. The molecule has 0 spiro atoms. The van der Waals surface area contributed by atoms with E-state index in [2.05, 4.69) is 20.5 Å². The first-order valence-corrected chi connectivity index (χ1v) is 9.91. The van der Waals surface area contributed by atoms with Crippen molar-refractivity contribution in [1.82, 2.24) is 19.7 Å². The zero-order valence-corrected chi connectivity index (χ0v) is 16.7. The maximum Gasteiger partial charge on any atom is 0.288 e. The molecule has 0 bridgehead atoms. The summed E-state index contributed by atoms with van der Waals surface area (Å²) in [5.74, 6) is -1.68. The minimum atomic E-state index is -2.61. The molecule has 31 heavy (non-hydrogen) atoms. The fourth-order valence-corrected chi connectivity index (χ4v) is 3.32. The largest absolute Gasteiger partial charge is 0.438 e. The summed E-state index contributed by atoms with van der Waals surface area (Å²) >= 11 is 0.336. The highest BCUT2D eigenvalue weighted by Gasteiger charge is 2.15. The lowest BCUT2D eigenvalue weighted by atomic mass is 10.2. The molecule has 10 heteroatoms. The Morgan fingerprint density at radius 3 is 2.52 bits per heavy atom. The third-order valence-electron chi connectivity index (χ3n) is 4.08. The molecular weight excluding hydrogens is 424 g/mol. The lowest BCUT2D eigenvalue weighted by molar-refractivity contribution is 0.102. The number of benzene rings is 2. The quantitative estimate of drug-likeness (QED) is 0.407. The number of hydrogen-bond acceptors (Lipinski definition) is 6. The van der Waals surface area contributed by atoms with Gasteiger partial charge in [-0.1, -0.05) is 23.9 Å². The van der Waals surface area contributed by atoms with Crippen LogP contribution < -0.4 is 10.1 Å². The van der Waals surface area contributed by atoms with Crippen LogP contribution in [0.25, 0.3) is 5.82 Å². The normalized spacial score (nSPS) is 10.8. The zero-order valence-electron chi connectivity index (χ0n) is 15.9. The van der Waals surface area contributed by atoms with Gasteiger partial charge in [0, 0.05) is 29.0 Å². The van der Waals surface area contributed by atoms with Gasteiger partial charge < -0.3 is 10.1 Å². The Morgan fingerprint density at radius 1 is 1.03 bits per heavy atom. The van der Waals surface area contributed by atoms with Gasteiger partial charge in [-0.05, 0) is 42.5 Å². The second-order valence-corrected chi connectivity index (χ2v) is 7.19. The second-order valence-electron chi connectivity index (χ2n) is 6.15. The number of hydrogen-bond donors (Lipinski definition) is 1. The van der Waals surface area contributed by atoms with Gasteiger partial charge in [0.1, 0.15) is 12.1 Å². The molecule has 0 saturated heterocycles. The lowest BCUT2D eigenvalue weighted by Crippen LogP contribution is -2.13. The number of carbonyl (C=O) groups is 1. The summed E-state index contributed by atoms with van der Waals surface area (Å²) in [7, 11) is 0. The van der Waals surface area contributed by atoms with Crippen molar-refractivity contribution in [2.75, 3.05) is 5.32 Å². The molecule has 0 saturated carbocycles. The van der Waals surface area contributed by atoms with Gasteiger partial charge in [-0.25, -0.2) is 4.98 Å². The summed E-state index contributed by atoms with van der Waals surface area (Å²) in [5.41, 5.74) is 0.678. The van der Waals surface area contributed by atoms with Crippen LogP contribution in [0.5, 0.6) is 11.6 Å². The van der Waals surface area contributed by atoms with Gasteiger partial charge in [-0.2, -0.15) is 8.78 Å². The standard InChI is InChI=1S/C21H15F2N5O2S/c22-21(23)31-17-4-2-1-3-16(17)20(29)25-14-5-7-15(8-6-14)30-19-10-9-18(26-27-19)28-12-11-24-13-28/h1-13,21H,(H,25,29). The van der Waals surface area contributed by atoms with Gasteiger partial charge in [-0.3, -0.25) is 9.36 Å². The monoisotopic (exact) mass is 439 g/mol. The Bertz CT molecular complexity index is 1150. The summed E-state index contributed by atoms with van der Waals surface area (Å²) in [6.45, 7) is 0. The third-order valence-corrected chi connectivity index (χ3v) is 4.87. The van der Waals surface area contributed by atoms with Crippen LogP contribution >= 0.6 is 11.8 Å². The number of amides is 1. The maximum atomic E-state index is 12.7. The van der Waals surface area contributed by atoms with E-state index in [1.807, 2.05) is 0 Å². The predicted octanol–water partition coefficient (Wildman–Crippen LogP) is 5.02. The van der Waals surface area contributed by atoms with Crippen molar-refractivity contribution in [3.05, 3.63) is 84.9 Å². The van der Waals surface area contributed by atoms with Crippen molar-refractivity contribution in [3.63, 3.8) is 0 Å². The van der Waals surface area contributed by atoms with Crippen molar-refractivity contribution in [2.24, 2.45) is 0 Å². The van der Waals surface area contributed by atoms with E-state index in [0.29, 0.717) is 34.9 Å². The van der Waals surface area contributed by atoms with E-state index in [1.54, 1.807) is 71.8 Å². The lowest BCUT2D eigenvalue weighted by Gasteiger charge is -2.10. The van der Waals surface area contributed by atoms with Crippen LogP contribution in [0.1, 0.15) is 10.4 Å². The van der Waals surface area contributed by atoms with E-state index < -0.39 is 11.7 Å². The van der Waals surface area contributed by atoms with Gasteiger partial charge in [-0.15, -0.1) is 10.2 Å². The Morgan fingerprint density at radius 2 is 1.84 bits per heavy atom. The molecule has 2 aromatic carbocycles. The number of alkyl halides is 2. The number of rotatable bonds is 7. The van der Waals surface area contributed by atoms with Crippen LogP contribution in [0.4, 0.5) is 14.5 Å². The summed E-state index contributed by atoms with van der Waals surface area (Å²) in [4.78, 5) is 16.7. The number of nitrogens with one attached hydrogen (secondary N) is 1. The topological polar surface area (TPSA) is 81.9 Å². The minimum Gasteiger partial charge on any atom is -0.438 e. The molecular formula is C21H15F2N5O2S. The van der Waals surface area contributed by atoms with Gasteiger partial charge in [0.25, 0.3) is 11.7 Å². The highest BCUT2D eigenvalue weighted by Crippen LogP contribution is 2.29. The molecule has 2 aromatic heterocycles. The van der Waals surface area contributed by atoms with Crippen molar-refractivity contribution in [2.45, 2.75) is 10.7 Å². The van der Waals surface area contributed by atoms with E-state index in [9.17, 15) is 13.6 Å². The number of nitrogens with zero attached hydrogens (tertiary/aromatic N) is 4. The number of carbonyl (C=O) groups excluding carboxylic acids is 1. The molecule has 2 heterocycles. The number of imidazole rings is 1. The molecule has 7 nitrogen and oxygen atoms in total. The molecule has 0 aliphatic carbocycles. The van der Waals surface area contributed by atoms with Crippen LogP contribution in [0, 0.1) is 0 Å². The Hall–Kier alpha value is -3.79. The molecule has 156 valence electrons. The SMILES string of the molecule is O=C(Nc1ccc(Oc2ccc(-n3ccnc3)nn2)cc1)c1ccccc1SC(F)F. The van der Waals surface area contributed by atoms with Gasteiger partial charge in [0.05, 0.1) is 5.56 Å².